The molecule has 4 rings (SSSR count). The largest absolute Gasteiger partial charge is 0.491 e. The Hall–Kier alpha value is -2.30. The van der Waals surface area contributed by atoms with Gasteiger partial charge in [-0.2, -0.15) is 0 Å². The van der Waals surface area contributed by atoms with Gasteiger partial charge in [0.05, 0.1) is 13.2 Å². The van der Waals surface area contributed by atoms with Crippen molar-refractivity contribution in [1.29, 1.82) is 0 Å². The minimum atomic E-state index is 0.288. The fourth-order valence-electron chi connectivity index (χ4n) is 2.73. The zero-order valence-corrected chi connectivity index (χ0v) is 15.0. The molecule has 2 aromatic rings. The van der Waals surface area contributed by atoms with Gasteiger partial charge in [-0.3, -0.25) is 0 Å². The average molecular weight is 352 g/mol. The van der Waals surface area contributed by atoms with Gasteiger partial charge in [0.15, 0.2) is 0 Å². The molecular weight excluding hydrogens is 328 g/mol. The van der Waals surface area contributed by atoms with Gasteiger partial charge in [-0.25, -0.2) is 0 Å². The molecule has 4 heteroatoms. The molecule has 0 saturated carbocycles. The van der Waals surface area contributed by atoms with E-state index in [-0.39, 0.29) is 6.10 Å². The van der Waals surface area contributed by atoms with Crippen molar-refractivity contribution in [2.45, 2.75) is 25.6 Å². The van der Waals surface area contributed by atoms with Crippen LogP contribution < -0.4 is 9.47 Å². The first kappa shape index (κ1) is 17.1. The highest BCUT2D eigenvalue weighted by molar-refractivity contribution is 5.54. The molecule has 0 amide bonds. The summed E-state index contributed by atoms with van der Waals surface area (Å²) in [4.78, 5) is 0. The van der Waals surface area contributed by atoms with Gasteiger partial charge >= 0.3 is 0 Å². The van der Waals surface area contributed by atoms with Crippen molar-refractivity contribution in [3.63, 3.8) is 0 Å². The molecule has 2 atom stereocenters. The summed E-state index contributed by atoms with van der Waals surface area (Å²) in [5.41, 5.74) is 3.77. The molecule has 0 aromatic heterocycles. The molecule has 2 aliphatic heterocycles. The van der Waals surface area contributed by atoms with Crippen LogP contribution in [0.4, 0.5) is 0 Å². The predicted octanol–water partition coefficient (Wildman–Crippen LogP) is 3.89. The first-order valence-corrected chi connectivity index (χ1v) is 9.09. The average Bonchev–Trinajstić information content (AvgIpc) is 3.55. The highest BCUT2D eigenvalue weighted by atomic mass is 16.6. The standard InChI is InChI=1S/C22H24O4/c1-16(10-17-2-6-19(7-3-17)23-12-21-14-25-21)11-18-4-8-20(9-5-18)24-13-22-15-26-22/h2-10,21-22H,11-15H2,1H3. The van der Waals surface area contributed by atoms with Crippen LogP contribution in [0.1, 0.15) is 18.1 Å². The van der Waals surface area contributed by atoms with E-state index in [1.165, 1.54) is 16.7 Å². The zero-order chi connectivity index (χ0) is 17.8. The fourth-order valence-corrected chi connectivity index (χ4v) is 2.73. The molecule has 26 heavy (non-hydrogen) atoms. The molecule has 2 aromatic carbocycles. The van der Waals surface area contributed by atoms with E-state index in [1.54, 1.807) is 0 Å². The van der Waals surface area contributed by atoms with Crippen molar-refractivity contribution in [2.24, 2.45) is 0 Å². The van der Waals surface area contributed by atoms with Crippen molar-refractivity contribution in [1.82, 2.24) is 0 Å². The van der Waals surface area contributed by atoms with Gasteiger partial charge in [-0.05, 0) is 48.7 Å². The third-order valence-electron chi connectivity index (χ3n) is 4.38. The van der Waals surface area contributed by atoms with Gasteiger partial charge in [0, 0.05) is 0 Å². The first-order valence-electron chi connectivity index (χ1n) is 9.09. The third kappa shape index (κ3) is 5.35. The van der Waals surface area contributed by atoms with Crippen molar-refractivity contribution < 1.29 is 18.9 Å². The summed E-state index contributed by atoms with van der Waals surface area (Å²) in [7, 11) is 0. The Bertz CT molecular complexity index is 741. The van der Waals surface area contributed by atoms with Crippen LogP contribution in [0.25, 0.3) is 6.08 Å². The monoisotopic (exact) mass is 352 g/mol. The predicted molar refractivity (Wildman–Crippen MR) is 101 cm³/mol. The van der Waals surface area contributed by atoms with Crippen molar-refractivity contribution in [2.75, 3.05) is 26.4 Å². The van der Waals surface area contributed by atoms with Gasteiger partial charge in [-0.15, -0.1) is 0 Å². The lowest BCUT2D eigenvalue weighted by atomic mass is 10.0. The summed E-state index contributed by atoms with van der Waals surface area (Å²) in [6, 6.07) is 16.5. The maximum Gasteiger partial charge on any atom is 0.119 e. The molecule has 2 fully saturated rings. The minimum Gasteiger partial charge on any atom is -0.491 e. The van der Waals surface area contributed by atoms with E-state index in [2.05, 4.69) is 37.3 Å². The van der Waals surface area contributed by atoms with Crippen LogP contribution in [0, 0.1) is 0 Å². The number of ether oxygens (including phenoxy) is 4. The summed E-state index contributed by atoms with van der Waals surface area (Å²) < 4.78 is 21.6. The highest BCUT2D eigenvalue weighted by Crippen LogP contribution is 2.20. The normalized spacial score (nSPS) is 21.3. The third-order valence-corrected chi connectivity index (χ3v) is 4.38. The summed E-state index contributed by atoms with van der Waals surface area (Å²) in [6.45, 7) is 5.09. The maximum absolute atomic E-state index is 5.68. The number of rotatable bonds is 9. The van der Waals surface area contributed by atoms with Crippen LogP contribution in [-0.2, 0) is 15.9 Å². The van der Waals surface area contributed by atoms with Crippen LogP contribution in [-0.4, -0.2) is 38.6 Å². The van der Waals surface area contributed by atoms with Crippen LogP contribution in [0.15, 0.2) is 54.1 Å². The summed E-state index contributed by atoms with van der Waals surface area (Å²) >= 11 is 0. The molecular formula is C22H24O4. The lowest BCUT2D eigenvalue weighted by molar-refractivity contribution is 0.263. The van der Waals surface area contributed by atoms with E-state index in [0.29, 0.717) is 19.3 Å². The Morgan fingerprint density at radius 1 is 0.885 bits per heavy atom. The number of hydrogen-bond acceptors (Lipinski definition) is 4. The molecule has 2 unspecified atom stereocenters. The number of hydrogen-bond donors (Lipinski definition) is 0. The quantitative estimate of drug-likeness (QED) is 0.642. The smallest absolute Gasteiger partial charge is 0.119 e. The molecule has 0 spiro atoms. The van der Waals surface area contributed by atoms with Gasteiger partial charge in [-0.1, -0.05) is 35.9 Å². The lowest BCUT2D eigenvalue weighted by Gasteiger charge is -2.07. The van der Waals surface area contributed by atoms with E-state index in [1.807, 2.05) is 24.3 Å². The second-order valence-electron chi connectivity index (χ2n) is 6.91. The van der Waals surface area contributed by atoms with Crippen molar-refractivity contribution in [3.05, 3.63) is 65.2 Å². The van der Waals surface area contributed by atoms with Crippen LogP contribution in [0.3, 0.4) is 0 Å². The summed E-state index contributed by atoms with van der Waals surface area (Å²) in [6.07, 6.45) is 3.71. The van der Waals surface area contributed by atoms with E-state index in [4.69, 9.17) is 18.9 Å². The SMILES string of the molecule is CC(=Cc1ccc(OCC2CO2)cc1)Cc1ccc(OCC2CO2)cc1. The number of epoxide rings is 2. The maximum atomic E-state index is 5.68. The van der Waals surface area contributed by atoms with Gasteiger partial charge in [0.25, 0.3) is 0 Å². The molecule has 0 aliphatic carbocycles. The molecule has 0 radical (unpaired) electrons. The Kier molecular flexibility index (Phi) is 5.23. The topological polar surface area (TPSA) is 43.5 Å². The fraction of sp³-hybridized carbons (Fsp3) is 0.364. The van der Waals surface area contributed by atoms with Gasteiger partial charge in [0.2, 0.25) is 0 Å². The Morgan fingerprint density at radius 2 is 1.38 bits per heavy atom. The van der Waals surface area contributed by atoms with Crippen molar-refractivity contribution >= 4 is 6.08 Å². The zero-order valence-electron chi connectivity index (χ0n) is 15.0. The molecule has 0 bridgehead atoms. The summed E-state index contributed by atoms with van der Waals surface area (Å²) in [5.74, 6) is 1.79. The number of benzene rings is 2. The Labute approximate surface area is 154 Å². The second kappa shape index (κ2) is 7.94. The van der Waals surface area contributed by atoms with E-state index >= 15 is 0 Å². The van der Waals surface area contributed by atoms with Gasteiger partial charge < -0.3 is 18.9 Å². The van der Waals surface area contributed by atoms with Crippen LogP contribution in [0.2, 0.25) is 0 Å². The van der Waals surface area contributed by atoms with E-state index in [9.17, 15) is 0 Å². The molecule has 0 N–H and O–H groups in total. The van der Waals surface area contributed by atoms with Crippen molar-refractivity contribution in [3.8, 4) is 11.5 Å². The molecule has 136 valence electrons. The highest BCUT2D eigenvalue weighted by Gasteiger charge is 2.23. The Morgan fingerprint density at radius 3 is 1.88 bits per heavy atom. The molecule has 2 saturated heterocycles. The van der Waals surface area contributed by atoms with Gasteiger partial charge in [0.1, 0.15) is 36.9 Å². The molecule has 2 aliphatic rings. The van der Waals surface area contributed by atoms with Crippen LogP contribution >= 0.6 is 0 Å². The number of allylic oxidation sites excluding steroid dienone is 1. The molecule has 4 nitrogen and oxygen atoms in total. The Balaban J connectivity index is 1.28. The van der Waals surface area contributed by atoms with E-state index < -0.39 is 0 Å². The molecule has 2 heterocycles. The minimum absolute atomic E-state index is 0.288. The van der Waals surface area contributed by atoms with E-state index in [0.717, 1.165) is 31.1 Å². The van der Waals surface area contributed by atoms with Crippen LogP contribution in [0.5, 0.6) is 11.5 Å². The lowest BCUT2D eigenvalue weighted by Crippen LogP contribution is -2.03. The first-order chi connectivity index (χ1) is 12.7. The summed E-state index contributed by atoms with van der Waals surface area (Å²) in [5, 5.41) is 0. The second-order valence-corrected chi connectivity index (χ2v) is 6.91.